The summed E-state index contributed by atoms with van der Waals surface area (Å²) in [5.74, 6) is -0.929. The van der Waals surface area contributed by atoms with Crippen LogP contribution in [-0.4, -0.2) is 54.5 Å². The number of amides is 1. The Hall–Kier alpha value is -1.57. The molecule has 1 aliphatic heterocycles. The van der Waals surface area contributed by atoms with Crippen molar-refractivity contribution in [2.24, 2.45) is 0 Å². The molecular weight excluding hydrogens is 256 g/mol. The number of carboxylic acid groups (broad SMARTS) is 1. The van der Waals surface area contributed by atoms with Crippen LogP contribution >= 0.6 is 11.8 Å². The number of thioether (sulfide) groups is 1. The molecule has 1 aromatic heterocycles. The number of carbonyl (C=O) groups is 2. The lowest BCUT2D eigenvalue weighted by atomic mass is 10.2. The molecule has 98 valence electrons. The van der Waals surface area contributed by atoms with Gasteiger partial charge in [0.25, 0.3) is 5.91 Å². The molecule has 1 fully saturated rings. The summed E-state index contributed by atoms with van der Waals surface area (Å²) in [4.78, 5) is 24.8. The van der Waals surface area contributed by atoms with Crippen LogP contribution in [0, 0.1) is 0 Å². The van der Waals surface area contributed by atoms with E-state index in [4.69, 9.17) is 5.11 Å². The molecule has 2 N–H and O–H groups in total. The first kappa shape index (κ1) is 12.9. The smallest absolute Gasteiger partial charge is 0.327 e. The second-order valence-corrected chi connectivity index (χ2v) is 5.21. The quantitative estimate of drug-likeness (QED) is 0.830. The molecule has 2 unspecified atom stereocenters. The fourth-order valence-electron chi connectivity index (χ4n) is 1.93. The summed E-state index contributed by atoms with van der Waals surface area (Å²) < 4.78 is 0. The molecule has 0 radical (unpaired) electrons. The van der Waals surface area contributed by atoms with Crippen LogP contribution in [0.25, 0.3) is 0 Å². The Morgan fingerprint density at radius 1 is 1.67 bits per heavy atom. The molecule has 2 heterocycles. The first-order valence-corrected chi connectivity index (χ1v) is 6.72. The molecule has 1 saturated heterocycles. The summed E-state index contributed by atoms with van der Waals surface area (Å²) >= 11 is 1.50. The zero-order valence-electron chi connectivity index (χ0n) is 9.87. The fraction of sp³-hybridized carbons (Fsp3) is 0.600. The molecule has 1 aromatic rings. The van der Waals surface area contributed by atoms with E-state index in [0.717, 1.165) is 12.8 Å². The summed E-state index contributed by atoms with van der Waals surface area (Å²) in [5, 5.41) is 18.7. The van der Waals surface area contributed by atoms with Crippen molar-refractivity contribution < 1.29 is 14.7 Å². The van der Waals surface area contributed by atoms with Crippen molar-refractivity contribution in [2.75, 3.05) is 5.75 Å². The Labute approximate surface area is 108 Å². The predicted octanol–water partition coefficient (Wildman–Crippen LogP) is 0.573. The lowest BCUT2D eigenvalue weighted by molar-refractivity contribution is -0.141. The van der Waals surface area contributed by atoms with Crippen molar-refractivity contribution in [2.45, 2.75) is 31.2 Å². The highest BCUT2D eigenvalue weighted by Crippen LogP contribution is 2.33. The third kappa shape index (κ3) is 2.33. The highest BCUT2D eigenvalue weighted by molar-refractivity contribution is 8.00. The van der Waals surface area contributed by atoms with Crippen molar-refractivity contribution in [3.63, 3.8) is 0 Å². The maximum atomic E-state index is 12.2. The van der Waals surface area contributed by atoms with Crippen molar-refractivity contribution in [3.05, 3.63) is 11.9 Å². The van der Waals surface area contributed by atoms with Gasteiger partial charge in [-0.05, 0) is 6.42 Å². The van der Waals surface area contributed by atoms with E-state index in [1.807, 2.05) is 6.92 Å². The maximum absolute atomic E-state index is 12.2. The molecule has 0 spiro atoms. The van der Waals surface area contributed by atoms with Gasteiger partial charge in [0.05, 0.1) is 11.6 Å². The Morgan fingerprint density at radius 2 is 2.44 bits per heavy atom. The van der Waals surface area contributed by atoms with Crippen LogP contribution in [0.4, 0.5) is 0 Å². The van der Waals surface area contributed by atoms with Crippen molar-refractivity contribution in [1.29, 1.82) is 0 Å². The van der Waals surface area contributed by atoms with Gasteiger partial charge >= 0.3 is 5.97 Å². The van der Waals surface area contributed by atoms with E-state index in [1.165, 1.54) is 22.9 Å². The molecule has 8 heteroatoms. The zero-order valence-corrected chi connectivity index (χ0v) is 10.7. The minimum atomic E-state index is -0.974. The lowest BCUT2D eigenvalue weighted by Gasteiger charge is -2.26. The van der Waals surface area contributed by atoms with Crippen molar-refractivity contribution in [3.8, 4) is 0 Å². The fourth-order valence-corrected chi connectivity index (χ4v) is 3.45. The normalized spacial score (nSPS) is 23.3. The first-order chi connectivity index (χ1) is 8.65. The minimum Gasteiger partial charge on any atom is -0.480 e. The third-order valence-corrected chi connectivity index (χ3v) is 4.14. The maximum Gasteiger partial charge on any atom is 0.327 e. The van der Waals surface area contributed by atoms with Crippen molar-refractivity contribution in [1.82, 2.24) is 20.3 Å². The molecule has 18 heavy (non-hydrogen) atoms. The van der Waals surface area contributed by atoms with Crippen LogP contribution in [-0.2, 0) is 4.79 Å². The lowest BCUT2D eigenvalue weighted by Crippen LogP contribution is -2.45. The molecule has 0 aromatic carbocycles. The van der Waals surface area contributed by atoms with Crippen LogP contribution in [0.1, 0.15) is 30.3 Å². The second kappa shape index (κ2) is 5.38. The van der Waals surface area contributed by atoms with E-state index >= 15 is 0 Å². The highest BCUT2D eigenvalue weighted by Gasteiger charge is 2.42. The third-order valence-electron chi connectivity index (χ3n) is 2.78. The molecule has 0 aliphatic carbocycles. The molecule has 0 saturated carbocycles. The predicted molar refractivity (Wildman–Crippen MR) is 65.1 cm³/mol. The summed E-state index contributed by atoms with van der Waals surface area (Å²) in [6.07, 6.45) is 2.98. The zero-order chi connectivity index (χ0) is 13.1. The largest absolute Gasteiger partial charge is 0.480 e. The van der Waals surface area contributed by atoms with Gasteiger partial charge in [-0.2, -0.15) is 15.4 Å². The van der Waals surface area contributed by atoms with Gasteiger partial charge in [0, 0.05) is 5.75 Å². The van der Waals surface area contributed by atoms with Crippen LogP contribution in [0.3, 0.4) is 0 Å². The summed E-state index contributed by atoms with van der Waals surface area (Å²) in [7, 11) is 0. The average Bonchev–Trinajstić information content (AvgIpc) is 2.97. The van der Waals surface area contributed by atoms with E-state index < -0.39 is 12.0 Å². The summed E-state index contributed by atoms with van der Waals surface area (Å²) in [6, 6.07) is -0.782. The molecule has 0 bridgehead atoms. The number of hydrogen-bond acceptors (Lipinski definition) is 5. The Kier molecular flexibility index (Phi) is 3.85. The summed E-state index contributed by atoms with van der Waals surface area (Å²) in [6.45, 7) is 2.01. The van der Waals surface area contributed by atoms with Gasteiger partial charge in [0.1, 0.15) is 6.04 Å². The number of carboxylic acids is 1. The monoisotopic (exact) mass is 270 g/mol. The summed E-state index contributed by atoms with van der Waals surface area (Å²) in [5.41, 5.74) is 0.157. The van der Waals surface area contributed by atoms with Crippen LogP contribution in [0.5, 0.6) is 0 Å². The Balaban J connectivity index is 2.23. The van der Waals surface area contributed by atoms with Gasteiger partial charge < -0.3 is 10.0 Å². The number of carbonyl (C=O) groups excluding carboxylic acids is 1. The van der Waals surface area contributed by atoms with Gasteiger partial charge in [-0.25, -0.2) is 4.79 Å². The van der Waals surface area contributed by atoms with E-state index in [1.54, 1.807) is 0 Å². The topological polar surface area (TPSA) is 99.2 Å². The van der Waals surface area contributed by atoms with Gasteiger partial charge in [0.2, 0.25) is 0 Å². The molecule has 2 atom stereocenters. The number of hydrogen-bond donors (Lipinski definition) is 2. The van der Waals surface area contributed by atoms with Gasteiger partial charge in [-0.3, -0.25) is 4.79 Å². The average molecular weight is 270 g/mol. The van der Waals surface area contributed by atoms with Crippen LogP contribution in [0.15, 0.2) is 6.20 Å². The van der Waals surface area contributed by atoms with Gasteiger partial charge in [-0.1, -0.05) is 13.3 Å². The molecular formula is C10H14N4O3S. The molecule has 1 amide bonds. The number of aliphatic carboxylic acids is 1. The first-order valence-electron chi connectivity index (χ1n) is 5.68. The van der Waals surface area contributed by atoms with E-state index in [0.29, 0.717) is 5.75 Å². The van der Waals surface area contributed by atoms with Gasteiger partial charge in [-0.15, -0.1) is 11.8 Å². The number of H-pyrrole nitrogens is 1. The van der Waals surface area contributed by atoms with Crippen LogP contribution in [0.2, 0.25) is 0 Å². The minimum absolute atomic E-state index is 0.0969. The van der Waals surface area contributed by atoms with Crippen molar-refractivity contribution >= 4 is 23.6 Å². The van der Waals surface area contributed by atoms with Gasteiger partial charge in [0.15, 0.2) is 5.69 Å². The van der Waals surface area contributed by atoms with E-state index in [2.05, 4.69) is 15.4 Å². The highest BCUT2D eigenvalue weighted by atomic mass is 32.2. The standard InChI is InChI=1S/C10H14N4O3S/c1-2-3-8-14(7(5-18-8)10(16)17)9(15)6-4-11-13-12-6/h4,7-8H,2-3,5H2,1H3,(H,16,17)(H,11,12,13). The Morgan fingerprint density at radius 3 is 3.00 bits per heavy atom. The number of rotatable bonds is 4. The van der Waals surface area contributed by atoms with E-state index in [9.17, 15) is 9.59 Å². The molecule has 1 aliphatic rings. The van der Waals surface area contributed by atoms with Crippen LogP contribution < -0.4 is 0 Å². The van der Waals surface area contributed by atoms with E-state index in [-0.39, 0.29) is 17.0 Å². The SMILES string of the molecule is CCCC1SCC(C(=O)O)N1C(=O)c1cn[nH]n1. The number of aromatic nitrogens is 3. The number of aromatic amines is 1. The number of nitrogens with one attached hydrogen (secondary N) is 1. The molecule has 2 rings (SSSR count). The second-order valence-electron chi connectivity index (χ2n) is 4.00. The number of nitrogens with zero attached hydrogens (tertiary/aromatic N) is 3. The Bertz CT molecular complexity index is 436. The molecule has 7 nitrogen and oxygen atoms in total.